The van der Waals surface area contributed by atoms with E-state index in [-0.39, 0.29) is 17.1 Å². The number of aliphatic hydroxyl groups excluding tert-OH is 1. The van der Waals surface area contributed by atoms with Gasteiger partial charge in [-0.15, -0.1) is 0 Å². The van der Waals surface area contributed by atoms with Crippen molar-refractivity contribution in [3.8, 4) is 0 Å². The first-order chi connectivity index (χ1) is 10.5. The van der Waals surface area contributed by atoms with Gasteiger partial charge in [-0.05, 0) is 80.5 Å². The average molecular weight is 306 g/mol. The van der Waals surface area contributed by atoms with Gasteiger partial charge in [-0.1, -0.05) is 13.8 Å². The maximum Gasteiger partial charge on any atom is 0.157 e. The fraction of sp³-hybridized carbons (Fsp3) is 1.00. The third kappa shape index (κ3) is 1.49. The van der Waals surface area contributed by atoms with Gasteiger partial charge in [-0.25, -0.2) is 0 Å². The number of hydrogen-bond acceptors (Lipinski definition) is 3. The second-order valence-corrected chi connectivity index (χ2v) is 9.35. The van der Waals surface area contributed by atoms with E-state index in [1.165, 1.54) is 25.7 Å². The van der Waals surface area contributed by atoms with Crippen LogP contribution in [0.5, 0.6) is 0 Å². The molecule has 0 aromatic heterocycles. The molecule has 2 N–H and O–H groups in total. The Morgan fingerprint density at radius 1 is 1.00 bits per heavy atom. The van der Waals surface area contributed by atoms with Crippen LogP contribution in [0.2, 0.25) is 0 Å². The Bertz CT molecular complexity index is 465. The van der Waals surface area contributed by atoms with Crippen molar-refractivity contribution in [2.75, 3.05) is 0 Å². The summed E-state index contributed by atoms with van der Waals surface area (Å²) in [7, 11) is 0. The first-order valence-electron chi connectivity index (χ1n) is 9.56. The molecule has 0 aromatic rings. The average Bonchev–Trinajstić information content (AvgIpc) is 2.50. The largest absolute Gasteiger partial charge is 0.389 e. The molecule has 7 fully saturated rings. The van der Waals surface area contributed by atoms with Crippen molar-refractivity contribution in [2.24, 2.45) is 41.4 Å². The number of hydrogen-bond donors (Lipinski definition) is 2. The minimum Gasteiger partial charge on any atom is -0.389 e. The number of aliphatic hydroxyl groups is 2. The molecule has 3 heteroatoms. The normalized spacial score (nSPS) is 60.0. The molecule has 3 nitrogen and oxygen atoms in total. The van der Waals surface area contributed by atoms with E-state index in [4.69, 9.17) is 4.74 Å². The SMILES string of the molecule is CCC(C)C(O)OC12CC3CC4C1CC1CC2C(C3)C4(O)C1. The third-order valence-corrected chi connectivity index (χ3v) is 8.55. The topological polar surface area (TPSA) is 49.7 Å². The van der Waals surface area contributed by atoms with Crippen LogP contribution in [-0.4, -0.2) is 27.7 Å². The van der Waals surface area contributed by atoms with Crippen LogP contribution in [0.3, 0.4) is 0 Å². The zero-order valence-corrected chi connectivity index (χ0v) is 13.9. The van der Waals surface area contributed by atoms with Crippen LogP contribution in [0.25, 0.3) is 0 Å². The zero-order chi connectivity index (χ0) is 15.3. The van der Waals surface area contributed by atoms with E-state index in [1.807, 2.05) is 0 Å². The second kappa shape index (κ2) is 4.29. The molecule has 124 valence electrons. The number of ether oxygens (including phenoxy) is 1. The Kier molecular flexibility index (Phi) is 2.77. The predicted molar refractivity (Wildman–Crippen MR) is 82.9 cm³/mol. The summed E-state index contributed by atoms with van der Waals surface area (Å²) in [5.74, 6) is 3.53. The van der Waals surface area contributed by atoms with Crippen LogP contribution in [0.15, 0.2) is 0 Å². The molecule has 0 amide bonds. The smallest absolute Gasteiger partial charge is 0.157 e. The lowest BCUT2D eigenvalue weighted by atomic mass is 9.32. The lowest BCUT2D eigenvalue weighted by Gasteiger charge is -2.76. The van der Waals surface area contributed by atoms with Crippen molar-refractivity contribution in [1.29, 1.82) is 0 Å². The van der Waals surface area contributed by atoms with E-state index in [9.17, 15) is 10.2 Å². The molecular formula is C19H30O3. The summed E-state index contributed by atoms with van der Waals surface area (Å²) in [5, 5.41) is 22.0. The molecular weight excluding hydrogens is 276 g/mol. The molecule has 7 aliphatic rings. The Morgan fingerprint density at radius 2 is 1.55 bits per heavy atom. The molecule has 7 aliphatic carbocycles. The zero-order valence-electron chi connectivity index (χ0n) is 13.9. The minimum absolute atomic E-state index is 0.109. The predicted octanol–water partition coefficient (Wildman–Crippen LogP) is 2.94. The van der Waals surface area contributed by atoms with E-state index in [0.29, 0.717) is 29.6 Å². The molecule has 0 spiro atoms. The standard InChI is InChI=1S/C19H30O3/c1-3-10(2)17(20)22-19-9-12-4-13-15(19)6-11-7-16(19)14(5-12)18(13,21)8-11/h10-17,20-21H,3-9H2,1-2H3. The van der Waals surface area contributed by atoms with Crippen LogP contribution in [-0.2, 0) is 4.74 Å². The maximum absolute atomic E-state index is 11.4. The highest BCUT2D eigenvalue weighted by Crippen LogP contribution is 2.74. The van der Waals surface area contributed by atoms with Gasteiger partial charge in [0.25, 0.3) is 0 Å². The van der Waals surface area contributed by atoms with Gasteiger partial charge in [0, 0.05) is 5.92 Å². The van der Waals surface area contributed by atoms with Gasteiger partial charge in [0.2, 0.25) is 0 Å². The molecule has 6 unspecified atom stereocenters. The molecule has 0 aromatic carbocycles. The van der Waals surface area contributed by atoms with Gasteiger partial charge in [0.15, 0.2) is 6.29 Å². The first-order valence-corrected chi connectivity index (χ1v) is 9.56. The Morgan fingerprint density at radius 3 is 2.14 bits per heavy atom. The van der Waals surface area contributed by atoms with Gasteiger partial charge in [-0.3, -0.25) is 0 Å². The van der Waals surface area contributed by atoms with Crippen molar-refractivity contribution >= 4 is 0 Å². The molecule has 0 heterocycles. The van der Waals surface area contributed by atoms with E-state index in [1.54, 1.807) is 0 Å². The summed E-state index contributed by atoms with van der Waals surface area (Å²) >= 11 is 0. The molecule has 7 rings (SSSR count). The lowest BCUT2D eigenvalue weighted by molar-refractivity contribution is -0.378. The van der Waals surface area contributed by atoms with Gasteiger partial charge >= 0.3 is 0 Å². The third-order valence-electron chi connectivity index (χ3n) is 8.55. The summed E-state index contributed by atoms with van der Waals surface area (Å²) in [6, 6.07) is 0. The van der Waals surface area contributed by atoms with E-state index in [2.05, 4.69) is 13.8 Å². The van der Waals surface area contributed by atoms with Crippen molar-refractivity contribution < 1.29 is 14.9 Å². The first kappa shape index (κ1) is 14.2. The van der Waals surface area contributed by atoms with Crippen LogP contribution < -0.4 is 0 Å². The number of rotatable bonds is 4. The molecule has 0 saturated heterocycles. The fourth-order valence-electron chi connectivity index (χ4n) is 7.64. The summed E-state index contributed by atoms with van der Waals surface area (Å²) in [6.45, 7) is 4.21. The van der Waals surface area contributed by atoms with Crippen LogP contribution >= 0.6 is 0 Å². The summed E-state index contributed by atoms with van der Waals surface area (Å²) in [6.07, 6.45) is 7.40. The van der Waals surface area contributed by atoms with Crippen molar-refractivity contribution in [3.05, 3.63) is 0 Å². The Labute approximate surface area is 133 Å². The molecule has 0 radical (unpaired) electrons. The molecule has 6 atom stereocenters. The highest BCUT2D eigenvalue weighted by Gasteiger charge is 2.76. The molecule has 0 aliphatic heterocycles. The second-order valence-electron chi connectivity index (χ2n) is 9.35. The van der Waals surface area contributed by atoms with E-state index < -0.39 is 6.29 Å². The van der Waals surface area contributed by atoms with Crippen LogP contribution in [0.1, 0.15) is 58.8 Å². The van der Waals surface area contributed by atoms with Gasteiger partial charge in [0.1, 0.15) is 0 Å². The quantitative estimate of drug-likeness (QED) is 0.785. The lowest BCUT2D eigenvalue weighted by Crippen LogP contribution is -2.78. The van der Waals surface area contributed by atoms with Gasteiger partial charge < -0.3 is 14.9 Å². The Hall–Kier alpha value is -0.120. The van der Waals surface area contributed by atoms with Crippen molar-refractivity contribution in [3.63, 3.8) is 0 Å². The van der Waals surface area contributed by atoms with Crippen molar-refractivity contribution in [2.45, 2.75) is 76.3 Å². The van der Waals surface area contributed by atoms with Crippen LogP contribution in [0, 0.1) is 41.4 Å². The monoisotopic (exact) mass is 306 g/mol. The van der Waals surface area contributed by atoms with Crippen LogP contribution in [0.4, 0.5) is 0 Å². The molecule has 7 saturated carbocycles. The maximum atomic E-state index is 11.4. The summed E-state index contributed by atoms with van der Waals surface area (Å²) < 4.78 is 6.53. The molecule has 22 heavy (non-hydrogen) atoms. The van der Waals surface area contributed by atoms with Gasteiger partial charge in [-0.2, -0.15) is 0 Å². The highest BCUT2D eigenvalue weighted by molar-refractivity contribution is 5.25. The molecule has 8 bridgehead atoms. The fourth-order valence-corrected chi connectivity index (χ4v) is 7.64. The summed E-state index contributed by atoms with van der Waals surface area (Å²) in [4.78, 5) is 0. The highest BCUT2D eigenvalue weighted by atomic mass is 16.6. The van der Waals surface area contributed by atoms with E-state index in [0.717, 1.165) is 25.2 Å². The summed E-state index contributed by atoms with van der Waals surface area (Å²) in [5.41, 5.74) is -0.496. The Balaban J connectivity index is 1.54. The van der Waals surface area contributed by atoms with Gasteiger partial charge in [0.05, 0.1) is 11.2 Å². The minimum atomic E-state index is -0.629. The van der Waals surface area contributed by atoms with Crippen molar-refractivity contribution in [1.82, 2.24) is 0 Å². The van der Waals surface area contributed by atoms with E-state index >= 15 is 0 Å².